The Balaban J connectivity index is 1.52. The lowest BCUT2D eigenvalue weighted by Crippen LogP contribution is -2.30. The Kier molecular flexibility index (Phi) is 8.04. The van der Waals surface area contributed by atoms with Gasteiger partial charge in [-0.15, -0.1) is 0 Å². The maximum absolute atomic E-state index is 13.3. The average molecular weight is 427 g/mol. The molecule has 0 radical (unpaired) electrons. The van der Waals surface area contributed by atoms with Crippen molar-refractivity contribution in [3.05, 3.63) is 65.5 Å². The van der Waals surface area contributed by atoms with Crippen molar-refractivity contribution in [2.45, 2.75) is 38.7 Å². The molecule has 0 spiro atoms. The lowest BCUT2D eigenvalue weighted by molar-refractivity contribution is -0.161. The molecule has 2 aromatic rings. The molecule has 0 aliphatic heterocycles. The second-order valence-electron chi connectivity index (χ2n) is 7.38. The van der Waals surface area contributed by atoms with E-state index in [0.717, 1.165) is 32.1 Å². The van der Waals surface area contributed by atoms with Crippen LogP contribution in [0.5, 0.6) is 11.5 Å². The number of benzene rings is 2. The highest BCUT2D eigenvalue weighted by Crippen LogP contribution is 2.29. The summed E-state index contributed by atoms with van der Waals surface area (Å²) in [6, 6.07) is 11.3. The molecule has 1 aliphatic carbocycles. The minimum Gasteiger partial charge on any atom is -0.493 e. The number of nitrogens with one attached hydrogen (secondary N) is 1. The van der Waals surface area contributed by atoms with Crippen LogP contribution in [0.4, 0.5) is 4.39 Å². The van der Waals surface area contributed by atoms with Gasteiger partial charge in [0.05, 0.1) is 13.0 Å². The Labute approximate surface area is 181 Å². The maximum atomic E-state index is 13.3. The highest BCUT2D eigenvalue weighted by Gasteiger charge is 2.23. The molecule has 1 fully saturated rings. The normalized spacial score (nSPS) is 14.3. The van der Waals surface area contributed by atoms with E-state index in [1.165, 1.54) is 25.3 Å². The predicted octanol–water partition coefficient (Wildman–Crippen LogP) is 4.58. The molecule has 1 amide bonds. The van der Waals surface area contributed by atoms with Crippen molar-refractivity contribution in [2.24, 2.45) is 5.92 Å². The summed E-state index contributed by atoms with van der Waals surface area (Å²) in [6.07, 6.45) is 7.61. The molecule has 3 rings (SSSR count). The summed E-state index contributed by atoms with van der Waals surface area (Å²) in [5.41, 5.74) is 3.57. The van der Waals surface area contributed by atoms with E-state index in [1.807, 2.05) is 0 Å². The number of carbonyl (C=O) groups is 2. The van der Waals surface area contributed by atoms with Crippen LogP contribution in [0.2, 0.25) is 0 Å². The molecule has 164 valence electrons. The van der Waals surface area contributed by atoms with Gasteiger partial charge >= 0.3 is 5.97 Å². The molecule has 1 saturated carbocycles. The Morgan fingerprint density at radius 3 is 2.65 bits per heavy atom. The fourth-order valence-corrected chi connectivity index (χ4v) is 3.42. The standard InChI is InChI=1S/C24H26FNO5/c1-29-22-15-17(10-12-21(22)30-16-18-6-5-9-20(25)14-18)11-13-23(27)26-31-24(28)19-7-3-2-4-8-19/h5-6,9-15,19H,2-4,7-8,16H2,1H3,(H,26,27)/b13-11+. The fraction of sp³-hybridized carbons (Fsp3) is 0.333. The largest absolute Gasteiger partial charge is 0.493 e. The predicted molar refractivity (Wildman–Crippen MR) is 114 cm³/mol. The summed E-state index contributed by atoms with van der Waals surface area (Å²) in [5.74, 6) is -0.409. The molecule has 0 heterocycles. The van der Waals surface area contributed by atoms with Crippen LogP contribution in [0.15, 0.2) is 48.5 Å². The summed E-state index contributed by atoms with van der Waals surface area (Å²) in [6.45, 7) is 0.193. The topological polar surface area (TPSA) is 73.9 Å². The van der Waals surface area contributed by atoms with Gasteiger partial charge in [-0.25, -0.2) is 9.18 Å². The van der Waals surface area contributed by atoms with E-state index in [9.17, 15) is 14.0 Å². The first-order chi connectivity index (χ1) is 15.0. The summed E-state index contributed by atoms with van der Waals surface area (Å²) in [4.78, 5) is 28.8. The van der Waals surface area contributed by atoms with Crippen LogP contribution in [0.25, 0.3) is 6.08 Å². The molecular formula is C24H26FNO5. The maximum Gasteiger partial charge on any atom is 0.335 e. The minimum atomic E-state index is -0.533. The van der Waals surface area contributed by atoms with Crippen LogP contribution in [0, 0.1) is 11.7 Å². The van der Waals surface area contributed by atoms with Gasteiger partial charge < -0.3 is 14.3 Å². The van der Waals surface area contributed by atoms with E-state index in [-0.39, 0.29) is 24.3 Å². The van der Waals surface area contributed by atoms with Gasteiger partial charge in [0.2, 0.25) is 0 Å². The number of rotatable bonds is 7. The summed E-state index contributed by atoms with van der Waals surface area (Å²) in [5, 5.41) is 0. The number of ether oxygens (including phenoxy) is 2. The van der Waals surface area contributed by atoms with Gasteiger partial charge in [-0.05, 0) is 54.3 Å². The Bertz CT molecular complexity index is 937. The average Bonchev–Trinajstić information content (AvgIpc) is 2.80. The molecule has 2 aromatic carbocycles. The lowest BCUT2D eigenvalue weighted by Gasteiger charge is -2.19. The summed E-state index contributed by atoms with van der Waals surface area (Å²) < 4.78 is 24.4. The fourth-order valence-electron chi connectivity index (χ4n) is 3.42. The molecule has 0 unspecified atom stereocenters. The van der Waals surface area contributed by atoms with Gasteiger partial charge in [0.15, 0.2) is 11.5 Å². The van der Waals surface area contributed by atoms with Gasteiger partial charge in [-0.2, -0.15) is 5.48 Å². The molecule has 6 nitrogen and oxygen atoms in total. The number of hydrogen-bond acceptors (Lipinski definition) is 5. The van der Waals surface area contributed by atoms with Gasteiger partial charge in [-0.1, -0.05) is 37.5 Å². The van der Waals surface area contributed by atoms with Crippen LogP contribution in [-0.4, -0.2) is 19.0 Å². The van der Waals surface area contributed by atoms with Crippen molar-refractivity contribution in [3.63, 3.8) is 0 Å². The molecule has 31 heavy (non-hydrogen) atoms. The molecule has 0 bridgehead atoms. The van der Waals surface area contributed by atoms with Gasteiger partial charge in [0.1, 0.15) is 12.4 Å². The zero-order valence-corrected chi connectivity index (χ0v) is 17.4. The third-order valence-corrected chi connectivity index (χ3v) is 5.09. The van der Waals surface area contributed by atoms with E-state index < -0.39 is 5.91 Å². The third kappa shape index (κ3) is 6.84. The van der Waals surface area contributed by atoms with Crippen LogP contribution in [0.1, 0.15) is 43.2 Å². The first kappa shape index (κ1) is 22.3. The molecule has 7 heteroatoms. The number of methoxy groups -OCH3 is 1. The number of halogens is 1. The van der Waals surface area contributed by atoms with Crippen molar-refractivity contribution < 1.29 is 28.3 Å². The zero-order chi connectivity index (χ0) is 22.1. The van der Waals surface area contributed by atoms with Crippen molar-refractivity contribution in [2.75, 3.05) is 7.11 Å². The Morgan fingerprint density at radius 1 is 1.10 bits per heavy atom. The first-order valence-electron chi connectivity index (χ1n) is 10.3. The van der Waals surface area contributed by atoms with Gasteiger partial charge in [-0.3, -0.25) is 4.79 Å². The van der Waals surface area contributed by atoms with Crippen LogP contribution >= 0.6 is 0 Å². The molecule has 1 N–H and O–H groups in total. The van der Waals surface area contributed by atoms with Crippen molar-refractivity contribution in [3.8, 4) is 11.5 Å². The number of carbonyl (C=O) groups excluding carboxylic acids is 2. The van der Waals surface area contributed by atoms with E-state index in [0.29, 0.717) is 22.6 Å². The molecule has 1 aliphatic rings. The number of hydrogen-bond donors (Lipinski definition) is 1. The van der Waals surface area contributed by atoms with Crippen molar-refractivity contribution >= 4 is 18.0 Å². The summed E-state index contributed by atoms with van der Waals surface area (Å²) >= 11 is 0. The first-order valence-corrected chi connectivity index (χ1v) is 10.3. The molecular weight excluding hydrogens is 401 g/mol. The monoisotopic (exact) mass is 427 g/mol. The number of amides is 1. The highest BCUT2D eigenvalue weighted by molar-refractivity contribution is 5.92. The van der Waals surface area contributed by atoms with Crippen molar-refractivity contribution in [1.82, 2.24) is 5.48 Å². The van der Waals surface area contributed by atoms with Crippen LogP contribution in [-0.2, 0) is 21.0 Å². The van der Waals surface area contributed by atoms with Crippen LogP contribution in [0.3, 0.4) is 0 Å². The van der Waals surface area contributed by atoms with E-state index in [4.69, 9.17) is 14.3 Å². The molecule has 0 aromatic heterocycles. The Hall–Kier alpha value is -3.35. The SMILES string of the molecule is COc1cc(/C=C/C(=O)NOC(=O)C2CCCCC2)ccc1OCc1cccc(F)c1. The molecule has 0 atom stereocenters. The van der Waals surface area contributed by atoms with E-state index in [2.05, 4.69) is 5.48 Å². The summed E-state index contributed by atoms with van der Waals surface area (Å²) in [7, 11) is 1.51. The highest BCUT2D eigenvalue weighted by atomic mass is 19.1. The van der Waals surface area contributed by atoms with Crippen LogP contribution < -0.4 is 15.0 Å². The molecule has 0 saturated heterocycles. The second-order valence-corrected chi connectivity index (χ2v) is 7.38. The van der Waals surface area contributed by atoms with Gasteiger partial charge in [0, 0.05) is 6.08 Å². The smallest absolute Gasteiger partial charge is 0.335 e. The van der Waals surface area contributed by atoms with E-state index >= 15 is 0 Å². The zero-order valence-electron chi connectivity index (χ0n) is 17.4. The lowest BCUT2D eigenvalue weighted by atomic mass is 9.89. The second kappa shape index (κ2) is 11.2. The van der Waals surface area contributed by atoms with Gasteiger partial charge in [0.25, 0.3) is 5.91 Å². The van der Waals surface area contributed by atoms with Crippen molar-refractivity contribution in [1.29, 1.82) is 0 Å². The number of hydroxylamine groups is 1. The Morgan fingerprint density at radius 2 is 1.90 bits per heavy atom. The quantitative estimate of drug-likeness (QED) is 0.517. The minimum absolute atomic E-state index is 0.137. The van der Waals surface area contributed by atoms with E-state index in [1.54, 1.807) is 36.4 Å². The third-order valence-electron chi connectivity index (χ3n) is 5.09.